The molecule has 2 aromatic rings. The number of halogens is 1. The molecule has 158 valence electrons. The summed E-state index contributed by atoms with van der Waals surface area (Å²) < 4.78 is 0. The quantitative estimate of drug-likeness (QED) is 0.795. The molecule has 7 heteroatoms. The summed E-state index contributed by atoms with van der Waals surface area (Å²) in [7, 11) is 0. The molecule has 1 atom stereocenters. The molecule has 0 aliphatic carbocycles. The van der Waals surface area contributed by atoms with Gasteiger partial charge >= 0.3 is 0 Å². The maximum Gasteiger partial charge on any atom is 0.229 e. The smallest absolute Gasteiger partial charge is 0.229 e. The Balaban J connectivity index is 1.47. The first-order chi connectivity index (χ1) is 14.5. The van der Waals surface area contributed by atoms with Gasteiger partial charge in [0.05, 0.1) is 17.3 Å². The molecule has 0 radical (unpaired) electrons. The van der Waals surface area contributed by atoms with E-state index in [0.717, 1.165) is 44.1 Å². The van der Waals surface area contributed by atoms with Gasteiger partial charge in [0.2, 0.25) is 11.8 Å². The van der Waals surface area contributed by atoms with Crippen molar-refractivity contribution < 1.29 is 9.59 Å². The van der Waals surface area contributed by atoms with Crippen molar-refractivity contribution in [2.24, 2.45) is 5.92 Å². The molecule has 2 saturated heterocycles. The Labute approximate surface area is 182 Å². The van der Waals surface area contributed by atoms with Gasteiger partial charge in [0, 0.05) is 49.9 Å². The summed E-state index contributed by atoms with van der Waals surface area (Å²) in [6, 6.07) is 15.1. The molecule has 1 N–H and O–H groups in total. The Morgan fingerprint density at radius 3 is 2.53 bits per heavy atom. The first kappa shape index (κ1) is 20.7. The third-order valence-electron chi connectivity index (χ3n) is 5.94. The van der Waals surface area contributed by atoms with Crippen LogP contribution in [0, 0.1) is 5.92 Å². The van der Waals surface area contributed by atoms with E-state index in [-0.39, 0.29) is 24.2 Å². The van der Waals surface area contributed by atoms with Crippen molar-refractivity contribution in [3.8, 4) is 0 Å². The van der Waals surface area contributed by atoms with Gasteiger partial charge in [-0.25, -0.2) is 0 Å². The molecule has 0 spiro atoms. The summed E-state index contributed by atoms with van der Waals surface area (Å²) >= 11 is 6.23. The number of hydrogen-bond donors (Lipinski definition) is 1. The van der Waals surface area contributed by atoms with E-state index in [4.69, 9.17) is 11.6 Å². The van der Waals surface area contributed by atoms with E-state index in [1.165, 1.54) is 0 Å². The highest BCUT2D eigenvalue weighted by Crippen LogP contribution is 2.32. The van der Waals surface area contributed by atoms with Crippen LogP contribution >= 0.6 is 11.6 Å². The van der Waals surface area contributed by atoms with E-state index >= 15 is 0 Å². The molecular weight excluding hydrogens is 400 g/mol. The van der Waals surface area contributed by atoms with Crippen molar-refractivity contribution >= 4 is 40.5 Å². The Morgan fingerprint density at radius 2 is 1.83 bits per heavy atom. The number of hydrogen-bond acceptors (Lipinski definition) is 4. The second kappa shape index (κ2) is 9.06. The van der Waals surface area contributed by atoms with E-state index in [2.05, 4.69) is 22.0 Å². The standard InChI is InChI=1S/C23H27ClN4O2/c1-2-26-10-12-27(13-11-26)21-9-8-18(24)15-20(21)25-23(30)17-14-22(29)28(16-17)19-6-4-3-5-7-19/h3-9,15,17H,2,10-14,16H2,1H3,(H,25,30)/t17-/m0/s1. The minimum atomic E-state index is -0.388. The average Bonchev–Trinajstić information content (AvgIpc) is 3.16. The minimum Gasteiger partial charge on any atom is -0.367 e. The van der Waals surface area contributed by atoms with Crippen molar-refractivity contribution in [2.45, 2.75) is 13.3 Å². The molecule has 4 rings (SSSR count). The van der Waals surface area contributed by atoms with E-state index in [1.54, 1.807) is 11.0 Å². The lowest BCUT2D eigenvalue weighted by atomic mass is 10.1. The minimum absolute atomic E-state index is 0.0247. The van der Waals surface area contributed by atoms with Gasteiger partial charge in [0.15, 0.2) is 0 Å². The molecule has 0 aromatic heterocycles. The van der Waals surface area contributed by atoms with Crippen molar-refractivity contribution in [3.05, 3.63) is 53.6 Å². The Kier molecular flexibility index (Phi) is 6.25. The maximum atomic E-state index is 13.0. The number of anilines is 3. The Bertz CT molecular complexity index is 913. The van der Waals surface area contributed by atoms with Crippen LogP contribution in [0.15, 0.2) is 48.5 Å². The molecule has 2 amide bonds. The van der Waals surface area contributed by atoms with Crippen LogP contribution in [0.5, 0.6) is 0 Å². The molecule has 30 heavy (non-hydrogen) atoms. The topological polar surface area (TPSA) is 55.9 Å². The number of amides is 2. The summed E-state index contributed by atoms with van der Waals surface area (Å²) in [6.07, 6.45) is 0.214. The fourth-order valence-corrected chi connectivity index (χ4v) is 4.34. The summed E-state index contributed by atoms with van der Waals surface area (Å²) in [5, 5.41) is 3.63. The van der Waals surface area contributed by atoms with Gasteiger partial charge in [0.1, 0.15) is 0 Å². The lowest BCUT2D eigenvalue weighted by Crippen LogP contribution is -2.46. The molecule has 2 aliphatic rings. The molecule has 0 saturated carbocycles. The van der Waals surface area contributed by atoms with Crippen LogP contribution in [0.3, 0.4) is 0 Å². The lowest BCUT2D eigenvalue weighted by Gasteiger charge is -2.36. The van der Waals surface area contributed by atoms with Crippen LogP contribution in [-0.4, -0.2) is 56.0 Å². The molecular formula is C23H27ClN4O2. The zero-order chi connectivity index (χ0) is 21.1. The van der Waals surface area contributed by atoms with Gasteiger partial charge in [-0.3, -0.25) is 9.59 Å². The summed E-state index contributed by atoms with van der Waals surface area (Å²) in [6.45, 7) is 7.41. The summed E-state index contributed by atoms with van der Waals surface area (Å²) in [5.74, 6) is -0.553. The number of para-hydroxylation sites is 1. The van der Waals surface area contributed by atoms with Crippen molar-refractivity contribution in [3.63, 3.8) is 0 Å². The number of carbonyl (C=O) groups excluding carboxylic acids is 2. The van der Waals surface area contributed by atoms with Crippen LogP contribution in [0.4, 0.5) is 17.1 Å². The molecule has 0 bridgehead atoms. The monoisotopic (exact) mass is 426 g/mol. The van der Waals surface area contributed by atoms with Crippen LogP contribution in [0.2, 0.25) is 5.02 Å². The largest absolute Gasteiger partial charge is 0.367 e. The van der Waals surface area contributed by atoms with E-state index in [1.807, 2.05) is 42.5 Å². The fourth-order valence-electron chi connectivity index (χ4n) is 4.16. The molecule has 6 nitrogen and oxygen atoms in total. The zero-order valence-corrected chi connectivity index (χ0v) is 17.9. The van der Waals surface area contributed by atoms with E-state index in [0.29, 0.717) is 17.3 Å². The highest BCUT2D eigenvalue weighted by molar-refractivity contribution is 6.31. The van der Waals surface area contributed by atoms with Crippen LogP contribution in [0.1, 0.15) is 13.3 Å². The number of carbonyl (C=O) groups is 2. The van der Waals surface area contributed by atoms with Gasteiger partial charge in [-0.15, -0.1) is 0 Å². The second-order valence-corrected chi connectivity index (χ2v) is 8.25. The Morgan fingerprint density at radius 1 is 1.10 bits per heavy atom. The highest BCUT2D eigenvalue weighted by Gasteiger charge is 2.35. The molecule has 2 aliphatic heterocycles. The lowest BCUT2D eigenvalue weighted by molar-refractivity contribution is -0.122. The van der Waals surface area contributed by atoms with E-state index in [9.17, 15) is 9.59 Å². The maximum absolute atomic E-state index is 13.0. The third kappa shape index (κ3) is 4.45. The normalized spacial score (nSPS) is 19.9. The first-order valence-corrected chi connectivity index (χ1v) is 10.9. The summed E-state index contributed by atoms with van der Waals surface area (Å²) in [4.78, 5) is 31.9. The van der Waals surface area contributed by atoms with Gasteiger partial charge in [0.25, 0.3) is 0 Å². The fraction of sp³-hybridized carbons (Fsp3) is 0.391. The number of rotatable bonds is 5. The molecule has 2 aromatic carbocycles. The van der Waals surface area contributed by atoms with Crippen molar-refractivity contribution in [1.82, 2.24) is 4.90 Å². The predicted octanol–water partition coefficient (Wildman–Crippen LogP) is 3.47. The molecule has 0 unspecified atom stereocenters. The first-order valence-electron chi connectivity index (χ1n) is 10.5. The van der Waals surface area contributed by atoms with Crippen molar-refractivity contribution in [1.29, 1.82) is 0 Å². The third-order valence-corrected chi connectivity index (χ3v) is 6.18. The predicted molar refractivity (Wildman–Crippen MR) is 121 cm³/mol. The van der Waals surface area contributed by atoms with Crippen LogP contribution in [-0.2, 0) is 9.59 Å². The SMILES string of the molecule is CCN1CCN(c2ccc(Cl)cc2NC(=O)[C@H]2CC(=O)N(c3ccccc3)C2)CC1. The Hall–Kier alpha value is -2.57. The molecule has 2 fully saturated rings. The second-order valence-electron chi connectivity index (χ2n) is 7.81. The zero-order valence-electron chi connectivity index (χ0n) is 17.2. The van der Waals surface area contributed by atoms with Gasteiger partial charge in [-0.2, -0.15) is 0 Å². The van der Waals surface area contributed by atoms with E-state index < -0.39 is 0 Å². The van der Waals surface area contributed by atoms with Crippen LogP contribution in [0.25, 0.3) is 0 Å². The number of nitrogens with one attached hydrogen (secondary N) is 1. The van der Waals surface area contributed by atoms with Gasteiger partial charge in [-0.05, 0) is 36.9 Å². The number of piperazine rings is 1. The number of benzene rings is 2. The number of nitrogens with zero attached hydrogens (tertiary/aromatic N) is 3. The average molecular weight is 427 g/mol. The van der Waals surface area contributed by atoms with Gasteiger partial charge < -0.3 is 20.0 Å². The summed E-state index contributed by atoms with van der Waals surface area (Å²) in [5.41, 5.74) is 2.52. The molecule has 2 heterocycles. The van der Waals surface area contributed by atoms with Crippen LogP contribution < -0.4 is 15.1 Å². The van der Waals surface area contributed by atoms with Gasteiger partial charge in [-0.1, -0.05) is 36.7 Å². The van der Waals surface area contributed by atoms with Crippen molar-refractivity contribution in [2.75, 3.05) is 54.4 Å². The highest BCUT2D eigenvalue weighted by atomic mass is 35.5. The number of likely N-dealkylation sites (N-methyl/N-ethyl adjacent to an activating group) is 1.